The number of carbonyl (C=O) groups is 1. The van der Waals surface area contributed by atoms with Crippen molar-refractivity contribution >= 4 is 34.8 Å². The molecule has 1 amide bonds. The Morgan fingerprint density at radius 2 is 1.78 bits per heavy atom. The molecule has 5 heteroatoms. The number of nitrogens with one attached hydrogen (secondary N) is 1. The first kappa shape index (κ1) is 17.6. The number of anilines is 1. The first-order valence-electron chi connectivity index (χ1n) is 7.47. The van der Waals surface area contributed by atoms with Crippen LogP contribution in [0.4, 0.5) is 5.69 Å². The fraction of sp³-hybridized carbons (Fsp3) is 0.278. The number of hydrogen-bond acceptors (Lipinski definition) is 2. The topological polar surface area (TPSA) is 32.3 Å². The fourth-order valence-electron chi connectivity index (χ4n) is 2.22. The van der Waals surface area contributed by atoms with Gasteiger partial charge in [0.15, 0.2) is 0 Å². The Kier molecular flexibility index (Phi) is 6.31. The van der Waals surface area contributed by atoms with Gasteiger partial charge in [-0.2, -0.15) is 0 Å². The summed E-state index contributed by atoms with van der Waals surface area (Å²) in [4.78, 5) is 14.2. The van der Waals surface area contributed by atoms with Crippen molar-refractivity contribution in [2.45, 2.75) is 12.8 Å². The van der Waals surface area contributed by atoms with Crippen LogP contribution in [0.1, 0.15) is 22.3 Å². The quantitative estimate of drug-likeness (QED) is 0.782. The van der Waals surface area contributed by atoms with Crippen LogP contribution in [-0.4, -0.2) is 26.5 Å². The smallest absolute Gasteiger partial charge is 0.252 e. The van der Waals surface area contributed by atoms with Gasteiger partial charge < -0.3 is 10.2 Å². The molecular formula is C18H20Cl2N2O. The number of amides is 1. The zero-order chi connectivity index (χ0) is 16.8. The maximum atomic E-state index is 12.1. The lowest BCUT2D eigenvalue weighted by molar-refractivity contribution is 0.0953. The molecule has 0 saturated heterocycles. The third kappa shape index (κ3) is 5.15. The second kappa shape index (κ2) is 8.23. The highest BCUT2D eigenvalue weighted by Crippen LogP contribution is 2.20. The largest absolute Gasteiger partial charge is 0.378 e. The molecule has 0 saturated carbocycles. The molecule has 0 heterocycles. The molecule has 2 rings (SSSR count). The van der Waals surface area contributed by atoms with Crippen molar-refractivity contribution in [2.24, 2.45) is 0 Å². The summed E-state index contributed by atoms with van der Waals surface area (Å²) in [5, 5.41) is 3.79. The number of benzene rings is 2. The van der Waals surface area contributed by atoms with E-state index in [1.807, 2.05) is 14.1 Å². The number of aryl methyl sites for hydroxylation is 1. The van der Waals surface area contributed by atoms with Gasteiger partial charge in [-0.15, -0.1) is 0 Å². The second-order valence-electron chi connectivity index (χ2n) is 5.54. The summed E-state index contributed by atoms with van der Waals surface area (Å²) in [6.45, 7) is 0.594. The Labute approximate surface area is 147 Å². The second-order valence-corrected chi connectivity index (χ2v) is 6.39. The Morgan fingerprint density at radius 1 is 1.09 bits per heavy atom. The van der Waals surface area contributed by atoms with Gasteiger partial charge in [-0.1, -0.05) is 35.3 Å². The summed E-state index contributed by atoms with van der Waals surface area (Å²) in [5.74, 6) is -0.194. The zero-order valence-electron chi connectivity index (χ0n) is 13.3. The van der Waals surface area contributed by atoms with Crippen LogP contribution in [0, 0.1) is 0 Å². The summed E-state index contributed by atoms with van der Waals surface area (Å²) in [7, 11) is 4.04. The molecule has 0 aliphatic carbocycles. The molecule has 2 aromatic carbocycles. The van der Waals surface area contributed by atoms with Crippen LogP contribution in [0.15, 0.2) is 42.5 Å². The summed E-state index contributed by atoms with van der Waals surface area (Å²) in [6.07, 6.45) is 1.78. The van der Waals surface area contributed by atoms with Crippen LogP contribution < -0.4 is 10.2 Å². The molecule has 0 aliphatic heterocycles. The lowest BCUT2D eigenvalue weighted by atomic mass is 10.1. The van der Waals surface area contributed by atoms with Crippen LogP contribution >= 0.6 is 23.2 Å². The van der Waals surface area contributed by atoms with Crippen molar-refractivity contribution < 1.29 is 4.79 Å². The average molecular weight is 351 g/mol. The normalized spacial score (nSPS) is 10.4. The van der Waals surface area contributed by atoms with Crippen LogP contribution in [0.5, 0.6) is 0 Å². The van der Waals surface area contributed by atoms with E-state index in [9.17, 15) is 4.79 Å². The minimum atomic E-state index is -0.194. The van der Waals surface area contributed by atoms with E-state index in [1.54, 1.807) is 18.2 Å². The van der Waals surface area contributed by atoms with E-state index >= 15 is 0 Å². The molecule has 0 aromatic heterocycles. The molecular weight excluding hydrogens is 331 g/mol. The van der Waals surface area contributed by atoms with Gasteiger partial charge in [0, 0.05) is 31.4 Å². The van der Waals surface area contributed by atoms with Gasteiger partial charge >= 0.3 is 0 Å². The SMILES string of the molecule is CN(C)c1ccc(CCCNC(=O)c2cc(Cl)ccc2Cl)cc1. The van der Waals surface area contributed by atoms with Crippen LogP contribution in [-0.2, 0) is 6.42 Å². The number of carbonyl (C=O) groups excluding carboxylic acids is 1. The molecule has 0 unspecified atom stereocenters. The Bertz CT molecular complexity index is 669. The predicted octanol–water partition coefficient (Wildman–Crippen LogP) is 4.42. The van der Waals surface area contributed by atoms with Crippen molar-refractivity contribution in [3.05, 3.63) is 63.6 Å². The van der Waals surface area contributed by atoms with Crippen molar-refractivity contribution in [3.63, 3.8) is 0 Å². The number of rotatable bonds is 6. The maximum absolute atomic E-state index is 12.1. The van der Waals surface area contributed by atoms with E-state index in [4.69, 9.17) is 23.2 Å². The molecule has 2 aromatic rings. The van der Waals surface area contributed by atoms with E-state index < -0.39 is 0 Å². The van der Waals surface area contributed by atoms with E-state index in [-0.39, 0.29) is 5.91 Å². The van der Waals surface area contributed by atoms with Crippen molar-refractivity contribution in [1.29, 1.82) is 0 Å². The molecule has 1 N–H and O–H groups in total. The van der Waals surface area contributed by atoms with E-state index in [0.717, 1.165) is 12.8 Å². The highest BCUT2D eigenvalue weighted by atomic mass is 35.5. The van der Waals surface area contributed by atoms with Gasteiger partial charge in [0.05, 0.1) is 10.6 Å². The zero-order valence-corrected chi connectivity index (χ0v) is 14.8. The molecule has 23 heavy (non-hydrogen) atoms. The molecule has 0 fully saturated rings. The minimum Gasteiger partial charge on any atom is -0.378 e. The molecule has 122 valence electrons. The highest BCUT2D eigenvalue weighted by Gasteiger charge is 2.10. The number of hydrogen-bond donors (Lipinski definition) is 1. The molecule has 0 atom stereocenters. The Balaban J connectivity index is 1.81. The Morgan fingerprint density at radius 3 is 2.43 bits per heavy atom. The van der Waals surface area contributed by atoms with Crippen LogP contribution in [0.25, 0.3) is 0 Å². The third-order valence-corrected chi connectivity index (χ3v) is 4.12. The lowest BCUT2D eigenvalue weighted by Crippen LogP contribution is -2.25. The third-order valence-electron chi connectivity index (χ3n) is 3.55. The van der Waals surface area contributed by atoms with Gasteiger partial charge in [0.25, 0.3) is 5.91 Å². The van der Waals surface area contributed by atoms with Crippen molar-refractivity contribution in [2.75, 3.05) is 25.5 Å². The van der Waals surface area contributed by atoms with E-state index in [2.05, 4.69) is 34.5 Å². The van der Waals surface area contributed by atoms with Crippen LogP contribution in [0.3, 0.4) is 0 Å². The monoisotopic (exact) mass is 350 g/mol. The van der Waals surface area contributed by atoms with Crippen molar-refractivity contribution in [3.8, 4) is 0 Å². The number of nitrogens with zero attached hydrogens (tertiary/aromatic N) is 1. The van der Waals surface area contributed by atoms with E-state index in [1.165, 1.54) is 11.3 Å². The molecule has 0 spiro atoms. The van der Waals surface area contributed by atoms with Gasteiger partial charge in [-0.3, -0.25) is 4.79 Å². The minimum absolute atomic E-state index is 0.194. The highest BCUT2D eigenvalue weighted by molar-refractivity contribution is 6.35. The van der Waals surface area contributed by atoms with Gasteiger partial charge in [-0.25, -0.2) is 0 Å². The first-order valence-corrected chi connectivity index (χ1v) is 8.22. The fourth-order valence-corrected chi connectivity index (χ4v) is 2.60. The number of halogens is 2. The summed E-state index contributed by atoms with van der Waals surface area (Å²) in [6, 6.07) is 13.3. The standard InChI is InChI=1S/C18H20Cl2N2O/c1-22(2)15-8-5-13(6-9-15)4-3-11-21-18(23)16-12-14(19)7-10-17(16)20/h5-10,12H,3-4,11H2,1-2H3,(H,21,23). The predicted molar refractivity (Wildman–Crippen MR) is 97.9 cm³/mol. The molecule has 0 radical (unpaired) electrons. The van der Waals surface area contributed by atoms with Gasteiger partial charge in [-0.05, 0) is 48.7 Å². The average Bonchev–Trinajstić information content (AvgIpc) is 2.54. The van der Waals surface area contributed by atoms with Gasteiger partial charge in [0.1, 0.15) is 0 Å². The first-order chi connectivity index (χ1) is 11.0. The molecule has 0 aliphatic rings. The summed E-state index contributed by atoms with van der Waals surface area (Å²) < 4.78 is 0. The van der Waals surface area contributed by atoms with Gasteiger partial charge in [0.2, 0.25) is 0 Å². The maximum Gasteiger partial charge on any atom is 0.252 e. The molecule has 0 bridgehead atoms. The van der Waals surface area contributed by atoms with Crippen LogP contribution in [0.2, 0.25) is 10.0 Å². The summed E-state index contributed by atoms with van der Waals surface area (Å²) >= 11 is 11.9. The molecule has 3 nitrogen and oxygen atoms in total. The van der Waals surface area contributed by atoms with E-state index in [0.29, 0.717) is 22.2 Å². The summed E-state index contributed by atoms with van der Waals surface area (Å²) in [5.41, 5.74) is 2.85. The Hall–Kier alpha value is -1.71. The van der Waals surface area contributed by atoms with Crippen molar-refractivity contribution in [1.82, 2.24) is 5.32 Å². The lowest BCUT2D eigenvalue weighted by Gasteiger charge is -2.12.